The van der Waals surface area contributed by atoms with Gasteiger partial charge in [-0.2, -0.15) is 0 Å². The Kier molecular flexibility index (Phi) is 4.39. The Hall–Kier alpha value is -1.88. The van der Waals surface area contributed by atoms with Crippen molar-refractivity contribution in [2.45, 2.75) is 27.2 Å². The number of thiazole rings is 1. The predicted octanol–water partition coefficient (Wildman–Crippen LogP) is 3.39. The minimum absolute atomic E-state index is 0.297. The van der Waals surface area contributed by atoms with Gasteiger partial charge in [0.05, 0.1) is 23.4 Å². The number of hydrogen-bond acceptors (Lipinski definition) is 4. The molecule has 0 aliphatic carbocycles. The molecule has 5 heteroatoms. The molecule has 0 saturated carbocycles. The summed E-state index contributed by atoms with van der Waals surface area (Å²) in [6.07, 6.45) is 0.816. The van der Waals surface area contributed by atoms with Gasteiger partial charge in [-0.3, -0.25) is 0 Å². The van der Waals surface area contributed by atoms with Gasteiger partial charge in [-0.25, -0.2) is 9.78 Å². The first-order valence-electron chi connectivity index (χ1n) is 6.35. The van der Waals surface area contributed by atoms with Gasteiger partial charge in [-0.15, -0.1) is 11.3 Å². The highest BCUT2D eigenvalue weighted by Gasteiger charge is 2.11. The van der Waals surface area contributed by atoms with Crippen molar-refractivity contribution >= 4 is 17.3 Å². The van der Waals surface area contributed by atoms with Crippen LogP contribution in [0.2, 0.25) is 0 Å². The van der Waals surface area contributed by atoms with Crippen molar-refractivity contribution in [3.05, 3.63) is 44.9 Å². The quantitative estimate of drug-likeness (QED) is 0.917. The minimum Gasteiger partial charge on any atom is -0.493 e. The molecule has 1 N–H and O–H groups in total. The molecule has 20 heavy (non-hydrogen) atoms. The van der Waals surface area contributed by atoms with Gasteiger partial charge in [0.25, 0.3) is 0 Å². The van der Waals surface area contributed by atoms with Crippen molar-refractivity contribution < 1.29 is 14.6 Å². The second-order valence-corrected chi connectivity index (χ2v) is 5.64. The van der Waals surface area contributed by atoms with Gasteiger partial charge < -0.3 is 9.84 Å². The standard InChI is InChI=1S/C15H17NO3S/c1-9-6-12(15(17)18)7-10(2)14(9)19-5-4-13-11(3)16-8-20-13/h6-8H,4-5H2,1-3H3,(H,17,18). The molecule has 0 fully saturated rings. The van der Waals surface area contributed by atoms with Crippen LogP contribution >= 0.6 is 11.3 Å². The average molecular weight is 291 g/mol. The molecule has 0 aliphatic rings. The van der Waals surface area contributed by atoms with Gasteiger partial charge in [-0.05, 0) is 44.0 Å². The van der Waals surface area contributed by atoms with Crippen LogP contribution in [-0.2, 0) is 6.42 Å². The van der Waals surface area contributed by atoms with E-state index in [1.54, 1.807) is 23.5 Å². The first-order chi connectivity index (χ1) is 9.49. The van der Waals surface area contributed by atoms with E-state index >= 15 is 0 Å². The summed E-state index contributed by atoms with van der Waals surface area (Å²) >= 11 is 1.63. The number of ether oxygens (including phenoxy) is 1. The molecule has 0 atom stereocenters. The molecule has 2 aromatic rings. The Morgan fingerprint density at radius 1 is 1.30 bits per heavy atom. The molecule has 2 rings (SSSR count). The van der Waals surface area contributed by atoms with Crippen LogP contribution in [0.1, 0.15) is 32.1 Å². The third-order valence-corrected chi connectivity index (χ3v) is 4.12. The van der Waals surface area contributed by atoms with Crippen LogP contribution in [0, 0.1) is 20.8 Å². The number of benzene rings is 1. The monoisotopic (exact) mass is 291 g/mol. The maximum Gasteiger partial charge on any atom is 0.335 e. The zero-order valence-electron chi connectivity index (χ0n) is 11.8. The van der Waals surface area contributed by atoms with E-state index < -0.39 is 5.97 Å². The van der Waals surface area contributed by atoms with Gasteiger partial charge in [0, 0.05) is 11.3 Å². The fraction of sp³-hybridized carbons (Fsp3) is 0.333. The van der Waals surface area contributed by atoms with Crippen molar-refractivity contribution in [3.63, 3.8) is 0 Å². The number of aromatic carboxylic acids is 1. The molecule has 1 aromatic heterocycles. The lowest BCUT2D eigenvalue weighted by Gasteiger charge is -2.12. The third kappa shape index (κ3) is 3.17. The number of carboxylic acid groups (broad SMARTS) is 1. The molecular weight excluding hydrogens is 274 g/mol. The van der Waals surface area contributed by atoms with Crippen LogP contribution < -0.4 is 4.74 Å². The second kappa shape index (κ2) is 6.05. The van der Waals surface area contributed by atoms with Crippen LogP contribution in [0.15, 0.2) is 17.6 Å². The summed E-state index contributed by atoms with van der Waals surface area (Å²) in [7, 11) is 0. The second-order valence-electron chi connectivity index (χ2n) is 4.70. The Bertz CT molecular complexity index is 611. The molecule has 1 heterocycles. The van der Waals surface area contributed by atoms with Gasteiger partial charge in [-0.1, -0.05) is 0 Å². The van der Waals surface area contributed by atoms with Crippen LogP contribution in [-0.4, -0.2) is 22.7 Å². The number of carbonyl (C=O) groups is 1. The molecule has 106 valence electrons. The van der Waals surface area contributed by atoms with Crippen molar-refractivity contribution in [2.75, 3.05) is 6.61 Å². The summed E-state index contributed by atoms with van der Waals surface area (Å²) in [5.41, 5.74) is 4.88. The number of aryl methyl sites for hydroxylation is 3. The predicted molar refractivity (Wildman–Crippen MR) is 78.9 cm³/mol. The van der Waals surface area contributed by atoms with Crippen molar-refractivity contribution in [1.82, 2.24) is 4.98 Å². The van der Waals surface area contributed by atoms with Gasteiger partial charge >= 0.3 is 5.97 Å². The summed E-state index contributed by atoms with van der Waals surface area (Å²) in [4.78, 5) is 16.4. The van der Waals surface area contributed by atoms with Crippen molar-refractivity contribution in [2.24, 2.45) is 0 Å². The van der Waals surface area contributed by atoms with Crippen molar-refractivity contribution in [1.29, 1.82) is 0 Å². The highest BCUT2D eigenvalue weighted by Crippen LogP contribution is 2.25. The van der Waals surface area contributed by atoms with Crippen LogP contribution in [0.5, 0.6) is 5.75 Å². The van der Waals surface area contributed by atoms with E-state index in [0.717, 1.165) is 29.0 Å². The molecule has 1 aromatic carbocycles. The summed E-state index contributed by atoms with van der Waals surface area (Å²) in [6.45, 7) is 6.29. The van der Waals surface area contributed by atoms with E-state index in [0.29, 0.717) is 12.2 Å². The molecule has 0 radical (unpaired) electrons. The van der Waals surface area contributed by atoms with E-state index in [1.165, 1.54) is 4.88 Å². The van der Waals surface area contributed by atoms with Gasteiger partial charge in [0.1, 0.15) is 5.75 Å². The fourth-order valence-corrected chi connectivity index (χ4v) is 2.88. The summed E-state index contributed by atoms with van der Waals surface area (Å²) in [5, 5.41) is 9.01. The van der Waals surface area contributed by atoms with E-state index in [2.05, 4.69) is 4.98 Å². The van der Waals surface area contributed by atoms with E-state index in [1.807, 2.05) is 26.3 Å². The molecule has 0 amide bonds. The van der Waals surface area contributed by atoms with Gasteiger partial charge in [0.15, 0.2) is 0 Å². The molecule has 0 spiro atoms. The Labute approximate surface area is 122 Å². The highest BCUT2D eigenvalue weighted by atomic mass is 32.1. The average Bonchev–Trinajstić information content (AvgIpc) is 2.78. The topological polar surface area (TPSA) is 59.4 Å². The van der Waals surface area contributed by atoms with E-state index in [9.17, 15) is 4.79 Å². The Balaban J connectivity index is 2.06. The zero-order valence-corrected chi connectivity index (χ0v) is 12.6. The summed E-state index contributed by atoms with van der Waals surface area (Å²) in [6, 6.07) is 3.28. The molecule has 0 aliphatic heterocycles. The summed E-state index contributed by atoms with van der Waals surface area (Å²) in [5.74, 6) is -0.139. The minimum atomic E-state index is -0.914. The lowest BCUT2D eigenvalue weighted by atomic mass is 10.1. The number of hydrogen-bond donors (Lipinski definition) is 1. The van der Waals surface area contributed by atoms with Crippen LogP contribution in [0.3, 0.4) is 0 Å². The number of carboxylic acids is 1. The number of aromatic nitrogens is 1. The molecule has 0 saturated heterocycles. The molecule has 0 unspecified atom stereocenters. The Morgan fingerprint density at radius 2 is 1.95 bits per heavy atom. The zero-order chi connectivity index (χ0) is 14.7. The van der Waals surface area contributed by atoms with E-state index in [-0.39, 0.29) is 0 Å². The first-order valence-corrected chi connectivity index (χ1v) is 7.23. The lowest BCUT2D eigenvalue weighted by Crippen LogP contribution is -2.05. The molecule has 0 bridgehead atoms. The number of nitrogens with zero attached hydrogens (tertiary/aromatic N) is 1. The largest absolute Gasteiger partial charge is 0.493 e. The van der Waals surface area contributed by atoms with Crippen LogP contribution in [0.25, 0.3) is 0 Å². The van der Waals surface area contributed by atoms with Gasteiger partial charge in [0.2, 0.25) is 0 Å². The smallest absolute Gasteiger partial charge is 0.335 e. The third-order valence-electron chi connectivity index (χ3n) is 3.13. The fourth-order valence-electron chi connectivity index (χ4n) is 2.11. The maximum atomic E-state index is 11.0. The number of rotatable bonds is 5. The molecule has 4 nitrogen and oxygen atoms in total. The van der Waals surface area contributed by atoms with Crippen LogP contribution in [0.4, 0.5) is 0 Å². The van der Waals surface area contributed by atoms with E-state index in [4.69, 9.17) is 9.84 Å². The normalized spacial score (nSPS) is 10.6. The Morgan fingerprint density at radius 3 is 2.45 bits per heavy atom. The summed E-state index contributed by atoms with van der Waals surface area (Å²) < 4.78 is 5.82. The molecular formula is C15H17NO3S. The lowest BCUT2D eigenvalue weighted by molar-refractivity contribution is 0.0696. The van der Waals surface area contributed by atoms with Crippen molar-refractivity contribution in [3.8, 4) is 5.75 Å². The highest BCUT2D eigenvalue weighted by molar-refractivity contribution is 7.09. The first kappa shape index (κ1) is 14.5. The SMILES string of the molecule is Cc1cc(C(=O)O)cc(C)c1OCCc1scnc1C. The maximum absolute atomic E-state index is 11.0.